The first-order valence-corrected chi connectivity index (χ1v) is 4.18. The van der Waals surface area contributed by atoms with Gasteiger partial charge >= 0.3 is 0 Å². The van der Waals surface area contributed by atoms with E-state index in [1.54, 1.807) is 0 Å². The van der Waals surface area contributed by atoms with Crippen LogP contribution in [0.5, 0.6) is 0 Å². The van der Waals surface area contributed by atoms with Crippen molar-refractivity contribution in [3.8, 4) is 6.07 Å². The molecule has 1 heterocycles. The summed E-state index contributed by atoms with van der Waals surface area (Å²) in [4.78, 5) is 0. The SMILES string of the molecule is N#CCC1CCNCCC1N. The summed E-state index contributed by atoms with van der Waals surface area (Å²) in [6.07, 6.45) is 2.67. The van der Waals surface area contributed by atoms with Crippen molar-refractivity contribution in [2.24, 2.45) is 11.7 Å². The minimum absolute atomic E-state index is 0.227. The van der Waals surface area contributed by atoms with E-state index < -0.39 is 0 Å². The summed E-state index contributed by atoms with van der Waals surface area (Å²) in [6.45, 7) is 2.02. The molecule has 0 aliphatic carbocycles. The highest BCUT2D eigenvalue weighted by Gasteiger charge is 2.19. The Morgan fingerprint density at radius 1 is 1.45 bits per heavy atom. The lowest BCUT2D eigenvalue weighted by molar-refractivity contribution is 0.415. The molecule has 2 atom stereocenters. The molecule has 0 amide bonds. The Morgan fingerprint density at radius 3 is 2.91 bits per heavy atom. The predicted octanol–water partition coefficient (Wildman–Crippen LogP) is 0.227. The van der Waals surface area contributed by atoms with Gasteiger partial charge in [-0.2, -0.15) is 5.26 Å². The van der Waals surface area contributed by atoms with Gasteiger partial charge in [0.05, 0.1) is 6.07 Å². The van der Waals surface area contributed by atoms with Crippen LogP contribution in [0, 0.1) is 17.2 Å². The highest BCUT2D eigenvalue weighted by Crippen LogP contribution is 2.15. The average molecular weight is 153 g/mol. The maximum Gasteiger partial charge on any atom is 0.0625 e. The van der Waals surface area contributed by atoms with E-state index in [1.807, 2.05) is 0 Å². The van der Waals surface area contributed by atoms with Crippen molar-refractivity contribution in [3.63, 3.8) is 0 Å². The van der Waals surface area contributed by atoms with Crippen LogP contribution in [-0.4, -0.2) is 19.1 Å². The molecule has 1 rings (SSSR count). The lowest BCUT2D eigenvalue weighted by atomic mass is 9.93. The molecule has 1 aliphatic heterocycles. The number of nitriles is 1. The second kappa shape index (κ2) is 4.32. The lowest BCUT2D eigenvalue weighted by Crippen LogP contribution is -2.29. The smallest absolute Gasteiger partial charge is 0.0625 e. The Morgan fingerprint density at radius 2 is 2.18 bits per heavy atom. The van der Waals surface area contributed by atoms with Crippen LogP contribution in [0.15, 0.2) is 0 Å². The Labute approximate surface area is 67.6 Å². The topological polar surface area (TPSA) is 61.8 Å². The highest BCUT2D eigenvalue weighted by atomic mass is 14.9. The maximum atomic E-state index is 8.50. The number of nitrogens with zero attached hydrogens (tertiary/aromatic N) is 1. The molecule has 3 heteroatoms. The Balaban J connectivity index is 2.40. The van der Waals surface area contributed by atoms with Gasteiger partial charge in [-0.25, -0.2) is 0 Å². The first kappa shape index (κ1) is 8.51. The quantitative estimate of drug-likeness (QED) is 0.566. The van der Waals surface area contributed by atoms with Crippen LogP contribution in [0.1, 0.15) is 19.3 Å². The average Bonchev–Trinajstić information content (AvgIpc) is 2.18. The van der Waals surface area contributed by atoms with Gasteiger partial charge in [0, 0.05) is 12.5 Å². The molecule has 11 heavy (non-hydrogen) atoms. The molecular formula is C8H15N3. The van der Waals surface area contributed by atoms with Gasteiger partial charge in [-0.15, -0.1) is 0 Å². The van der Waals surface area contributed by atoms with E-state index in [2.05, 4.69) is 11.4 Å². The van der Waals surface area contributed by atoms with Crippen LogP contribution in [0.4, 0.5) is 0 Å². The zero-order valence-electron chi connectivity index (χ0n) is 6.71. The van der Waals surface area contributed by atoms with Gasteiger partial charge in [0.2, 0.25) is 0 Å². The second-order valence-electron chi connectivity index (χ2n) is 3.11. The van der Waals surface area contributed by atoms with Crippen LogP contribution in [0.3, 0.4) is 0 Å². The first-order chi connectivity index (χ1) is 5.34. The zero-order valence-corrected chi connectivity index (χ0v) is 6.71. The Bertz CT molecular complexity index is 150. The van der Waals surface area contributed by atoms with Crippen molar-refractivity contribution in [2.75, 3.05) is 13.1 Å². The minimum Gasteiger partial charge on any atom is -0.327 e. The monoisotopic (exact) mass is 153 g/mol. The van der Waals surface area contributed by atoms with Gasteiger partial charge in [-0.3, -0.25) is 0 Å². The Kier molecular flexibility index (Phi) is 3.34. The van der Waals surface area contributed by atoms with E-state index >= 15 is 0 Å². The number of nitrogens with one attached hydrogen (secondary N) is 1. The molecule has 0 aromatic rings. The van der Waals surface area contributed by atoms with Crippen molar-refractivity contribution < 1.29 is 0 Å². The van der Waals surface area contributed by atoms with Crippen LogP contribution < -0.4 is 11.1 Å². The number of hydrogen-bond donors (Lipinski definition) is 2. The molecule has 0 radical (unpaired) electrons. The van der Waals surface area contributed by atoms with E-state index in [1.165, 1.54) is 0 Å². The van der Waals surface area contributed by atoms with Crippen molar-refractivity contribution in [1.82, 2.24) is 5.32 Å². The van der Waals surface area contributed by atoms with Crippen molar-refractivity contribution in [3.05, 3.63) is 0 Å². The summed E-state index contributed by atoms with van der Waals surface area (Å²) in [7, 11) is 0. The lowest BCUT2D eigenvalue weighted by Gasteiger charge is -2.16. The summed E-state index contributed by atoms with van der Waals surface area (Å²) in [5, 5.41) is 11.8. The van der Waals surface area contributed by atoms with Gasteiger partial charge in [-0.1, -0.05) is 0 Å². The van der Waals surface area contributed by atoms with Gasteiger partial charge in [0.25, 0.3) is 0 Å². The molecule has 2 unspecified atom stereocenters. The number of rotatable bonds is 1. The van der Waals surface area contributed by atoms with Crippen LogP contribution in [-0.2, 0) is 0 Å². The van der Waals surface area contributed by atoms with Crippen LogP contribution >= 0.6 is 0 Å². The summed E-state index contributed by atoms with van der Waals surface area (Å²) in [5.41, 5.74) is 5.87. The summed E-state index contributed by atoms with van der Waals surface area (Å²) in [6, 6.07) is 2.41. The highest BCUT2D eigenvalue weighted by molar-refractivity contribution is 4.85. The molecule has 0 saturated carbocycles. The van der Waals surface area contributed by atoms with Crippen molar-refractivity contribution in [1.29, 1.82) is 5.26 Å². The molecule has 1 fully saturated rings. The van der Waals surface area contributed by atoms with E-state index in [4.69, 9.17) is 11.0 Å². The van der Waals surface area contributed by atoms with E-state index in [-0.39, 0.29) is 6.04 Å². The van der Waals surface area contributed by atoms with E-state index in [0.29, 0.717) is 12.3 Å². The Hall–Kier alpha value is -0.590. The third-order valence-electron chi connectivity index (χ3n) is 2.31. The molecule has 1 saturated heterocycles. The fraction of sp³-hybridized carbons (Fsp3) is 0.875. The number of nitrogens with two attached hydrogens (primary N) is 1. The molecule has 0 aromatic heterocycles. The summed E-state index contributed by atoms with van der Waals surface area (Å²) >= 11 is 0. The van der Waals surface area contributed by atoms with E-state index in [9.17, 15) is 0 Å². The number of hydrogen-bond acceptors (Lipinski definition) is 3. The summed E-state index contributed by atoms with van der Waals surface area (Å²) < 4.78 is 0. The predicted molar refractivity (Wildman–Crippen MR) is 43.8 cm³/mol. The van der Waals surface area contributed by atoms with Gasteiger partial charge in [0.1, 0.15) is 0 Å². The normalized spacial score (nSPS) is 32.4. The third-order valence-corrected chi connectivity index (χ3v) is 2.31. The van der Waals surface area contributed by atoms with Crippen LogP contribution in [0.25, 0.3) is 0 Å². The van der Waals surface area contributed by atoms with Gasteiger partial charge < -0.3 is 11.1 Å². The standard InChI is InChI=1S/C8H15N3/c9-4-1-7-2-5-11-6-3-8(7)10/h7-8,11H,1-3,5-6,10H2. The largest absolute Gasteiger partial charge is 0.327 e. The molecule has 3 N–H and O–H groups in total. The van der Waals surface area contributed by atoms with Crippen molar-refractivity contribution >= 4 is 0 Å². The third kappa shape index (κ3) is 2.49. The molecule has 0 spiro atoms. The molecule has 0 aromatic carbocycles. The zero-order chi connectivity index (χ0) is 8.10. The maximum absolute atomic E-state index is 8.50. The molecular weight excluding hydrogens is 138 g/mol. The van der Waals surface area contributed by atoms with Gasteiger partial charge in [0.15, 0.2) is 0 Å². The minimum atomic E-state index is 0.227. The van der Waals surface area contributed by atoms with Crippen LogP contribution in [0.2, 0.25) is 0 Å². The second-order valence-corrected chi connectivity index (χ2v) is 3.11. The fourth-order valence-electron chi connectivity index (χ4n) is 1.50. The van der Waals surface area contributed by atoms with Gasteiger partial charge in [-0.05, 0) is 31.8 Å². The van der Waals surface area contributed by atoms with E-state index in [0.717, 1.165) is 25.9 Å². The fourth-order valence-corrected chi connectivity index (χ4v) is 1.50. The summed E-state index contributed by atoms with van der Waals surface area (Å²) in [5.74, 6) is 0.412. The molecule has 1 aliphatic rings. The molecule has 3 nitrogen and oxygen atoms in total. The van der Waals surface area contributed by atoms with Crippen molar-refractivity contribution in [2.45, 2.75) is 25.3 Å². The molecule has 0 bridgehead atoms. The molecule has 62 valence electrons. The first-order valence-electron chi connectivity index (χ1n) is 4.18.